The van der Waals surface area contributed by atoms with E-state index in [4.69, 9.17) is 4.52 Å². The number of rotatable bonds is 3. The zero-order valence-electron chi connectivity index (χ0n) is 16.3. The summed E-state index contributed by atoms with van der Waals surface area (Å²) in [7, 11) is 0. The van der Waals surface area contributed by atoms with E-state index in [0.29, 0.717) is 12.2 Å². The molecule has 0 aliphatic carbocycles. The minimum atomic E-state index is -0.0652. The second kappa shape index (κ2) is 7.50. The first-order valence-corrected chi connectivity index (χ1v) is 9.50. The average Bonchev–Trinajstić information content (AvgIpc) is 3.06. The molecule has 4 heterocycles. The minimum absolute atomic E-state index is 0.0652. The fourth-order valence-corrected chi connectivity index (χ4v) is 3.76. The quantitative estimate of drug-likeness (QED) is 0.695. The van der Waals surface area contributed by atoms with E-state index in [9.17, 15) is 4.79 Å². The first-order valence-electron chi connectivity index (χ1n) is 9.50. The third kappa shape index (κ3) is 3.52. The monoisotopic (exact) mass is 377 g/mol. The lowest BCUT2D eigenvalue weighted by Crippen LogP contribution is -2.39. The summed E-state index contributed by atoms with van der Waals surface area (Å²) in [6.45, 7) is 7.07. The Morgan fingerprint density at radius 2 is 1.96 bits per heavy atom. The molecule has 3 aromatic rings. The first-order chi connectivity index (χ1) is 13.5. The van der Waals surface area contributed by atoms with Gasteiger partial charge in [-0.1, -0.05) is 11.2 Å². The van der Waals surface area contributed by atoms with Crippen LogP contribution < -0.4 is 0 Å². The fourth-order valence-electron chi connectivity index (χ4n) is 3.76. The molecule has 4 rings (SSSR count). The summed E-state index contributed by atoms with van der Waals surface area (Å²) in [5, 5.41) is 4.01. The van der Waals surface area contributed by atoms with Gasteiger partial charge in [0.1, 0.15) is 11.5 Å². The van der Waals surface area contributed by atoms with Crippen molar-refractivity contribution in [3.8, 4) is 11.1 Å². The summed E-state index contributed by atoms with van der Waals surface area (Å²) in [6, 6.07) is 4.10. The average molecular weight is 377 g/mol. The van der Waals surface area contributed by atoms with E-state index in [1.807, 2.05) is 37.9 Å². The molecule has 28 heavy (non-hydrogen) atoms. The highest BCUT2D eigenvalue weighted by Crippen LogP contribution is 2.30. The van der Waals surface area contributed by atoms with Crippen LogP contribution in [-0.4, -0.2) is 44.0 Å². The first kappa shape index (κ1) is 18.3. The maximum atomic E-state index is 12.8. The lowest BCUT2D eigenvalue weighted by Gasteiger charge is -2.32. The SMILES string of the molecule is Cc1cnc(C(=O)N2CCC[C@H](c3ccc(-c4c(C)noc4C)cn3)C2)cn1. The smallest absolute Gasteiger partial charge is 0.274 e. The van der Waals surface area contributed by atoms with Crippen LogP contribution in [-0.2, 0) is 0 Å². The van der Waals surface area contributed by atoms with Gasteiger partial charge in [0, 0.05) is 48.2 Å². The highest BCUT2D eigenvalue weighted by Gasteiger charge is 2.27. The van der Waals surface area contributed by atoms with Crippen LogP contribution in [0.2, 0.25) is 0 Å². The Labute approximate surface area is 163 Å². The highest BCUT2D eigenvalue weighted by molar-refractivity contribution is 5.92. The molecule has 1 amide bonds. The van der Waals surface area contributed by atoms with Gasteiger partial charge >= 0.3 is 0 Å². The predicted octanol–water partition coefficient (Wildman–Crippen LogP) is 3.47. The number of aryl methyl sites for hydroxylation is 3. The molecule has 0 saturated carbocycles. The maximum absolute atomic E-state index is 12.8. The summed E-state index contributed by atoms with van der Waals surface area (Å²) < 4.78 is 5.25. The number of piperidine rings is 1. The van der Waals surface area contributed by atoms with Crippen LogP contribution in [0.3, 0.4) is 0 Å². The summed E-state index contributed by atoms with van der Waals surface area (Å²) in [5.74, 6) is 0.945. The Morgan fingerprint density at radius 1 is 1.11 bits per heavy atom. The van der Waals surface area contributed by atoms with Crippen LogP contribution in [0.5, 0.6) is 0 Å². The van der Waals surface area contributed by atoms with Crippen molar-refractivity contribution >= 4 is 5.91 Å². The van der Waals surface area contributed by atoms with Gasteiger partial charge in [-0.25, -0.2) is 4.98 Å². The Kier molecular flexibility index (Phi) is 4.90. The molecule has 144 valence electrons. The topological polar surface area (TPSA) is 85.0 Å². The second-order valence-electron chi connectivity index (χ2n) is 7.30. The second-order valence-corrected chi connectivity index (χ2v) is 7.30. The van der Waals surface area contributed by atoms with E-state index >= 15 is 0 Å². The number of nitrogens with zero attached hydrogens (tertiary/aromatic N) is 5. The van der Waals surface area contributed by atoms with Gasteiger partial charge in [0.05, 0.1) is 17.6 Å². The maximum Gasteiger partial charge on any atom is 0.274 e. The highest BCUT2D eigenvalue weighted by atomic mass is 16.5. The number of hydrogen-bond donors (Lipinski definition) is 0. The number of amides is 1. The normalized spacial score (nSPS) is 17.0. The molecule has 1 aliphatic rings. The van der Waals surface area contributed by atoms with Crippen LogP contribution in [0.15, 0.2) is 35.2 Å². The minimum Gasteiger partial charge on any atom is -0.361 e. The fraction of sp³-hybridized carbons (Fsp3) is 0.381. The Hall–Kier alpha value is -3.09. The van der Waals surface area contributed by atoms with E-state index < -0.39 is 0 Å². The summed E-state index contributed by atoms with van der Waals surface area (Å²) in [6.07, 6.45) is 7.01. The molecule has 0 aromatic carbocycles. The zero-order chi connectivity index (χ0) is 19.7. The van der Waals surface area contributed by atoms with Crippen molar-refractivity contribution in [2.45, 2.75) is 39.5 Å². The van der Waals surface area contributed by atoms with Crippen molar-refractivity contribution in [1.29, 1.82) is 0 Å². The summed E-state index contributed by atoms with van der Waals surface area (Å²) in [4.78, 5) is 27.7. The lowest BCUT2D eigenvalue weighted by molar-refractivity contribution is 0.0699. The van der Waals surface area contributed by atoms with Gasteiger partial charge in [-0.15, -0.1) is 0 Å². The molecule has 0 bridgehead atoms. The molecular formula is C21H23N5O2. The molecule has 0 spiro atoms. The van der Waals surface area contributed by atoms with Crippen molar-refractivity contribution in [3.05, 3.63) is 59.3 Å². The van der Waals surface area contributed by atoms with Gasteiger partial charge in [-0.05, 0) is 39.7 Å². The summed E-state index contributed by atoms with van der Waals surface area (Å²) >= 11 is 0. The largest absolute Gasteiger partial charge is 0.361 e. The molecule has 0 unspecified atom stereocenters. The number of pyridine rings is 1. The van der Waals surface area contributed by atoms with Gasteiger partial charge in [-0.2, -0.15) is 0 Å². The third-order valence-electron chi connectivity index (χ3n) is 5.24. The van der Waals surface area contributed by atoms with Crippen LogP contribution >= 0.6 is 0 Å². The predicted molar refractivity (Wildman–Crippen MR) is 104 cm³/mol. The van der Waals surface area contributed by atoms with E-state index in [1.165, 1.54) is 0 Å². The van der Waals surface area contributed by atoms with Gasteiger partial charge in [0.15, 0.2) is 0 Å². The van der Waals surface area contributed by atoms with Crippen LogP contribution in [0, 0.1) is 20.8 Å². The zero-order valence-corrected chi connectivity index (χ0v) is 16.3. The number of aromatic nitrogens is 4. The Bertz CT molecular complexity index is 960. The molecule has 0 N–H and O–H groups in total. The number of carbonyl (C=O) groups is 1. The molecule has 3 aromatic heterocycles. The van der Waals surface area contributed by atoms with Crippen LogP contribution in [0.25, 0.3) is 11.1 Å². The molecule has 1 fully saturated rings. The van der Waals surface area contributed by atoms with Crippen molar-refractivity contribution in [2.75, 3.05) is 13.1 Å². The number of hydrogen-bond acceptors (Lipinski definition) is 6. The van der Waals surface area contributed by atoms with Gasteiger partial charge < -0.3 is 9.42 Å². The Balaban J connectivity index is 1.50. The standard InChI is InChI=1S/C21H23N5O2/c1-13-9-23-19(11-22-13)21(27)26-8-4-5-17(12-26)18-7-6-16(10-24-18)20-14(2)25-28-15(20)3/h6-7,9-11,17H,4-5,8,12H2,1-3H3/t17-/m0/s1. The van der Waals surface area contributed by atoms with Gasteiger partial charge in [-0.3, -0.25) is 14.8 Å². The van der Waals surface area contributed by atoms with Crippen molar-refractivity contribution < 1.29 is 9.32 Å². The van der Waals surface area contributed by atoms with E-state index in [1.54, 1.807) is 12.4 Å². The van der Waals surface area contributed by atoms with Crippen LogP contribution in [0.1, 0.15) is 52.1 Å². The molecule has 0 radical (unpaired) electrons. The van der Waals surface area contributed by atoms with Crippen LogP contribution in [0.4, 0.5) is 0 Å². The lowest BCUT2D eigenvalue weighted by atomic mass is 9.93. The molecule has 1 atom stereocenters. The summed E-state index contributed by atoms with van der Waals surface area (Å²) in [5.41, 5.74) is 5.06. The molecule has 1 saturated heterocycles. The van der Waals surface area contributed by atoms with Crippen molar-refractivity contribution in [3.63, 3.8) is 0 Å². The van der Waals surface area contributed by atoms with E-state index in [2.05, 4.69) is 26.2 Å². The number of carbonyl (C=O) groups excluding carboxylic acids is 1. The van der Waals surface area contributed by atoms with Gasteiger partial charge in [0.2, 0.25) is 0 Å². The van der Waals surface area contributed by atoms with Crippen molar-refractivity contribution in [2.24, 2.45) is 0 Å². The molecule has 7 heteroatoms. The molecule has 1 aliphatic heterocycles. The van der Waals surface area contributed by atoms with E-state index in [-0.39, 0.29) is 11.8 Å². The third-order valence-corrected chi connectivity index (χ3v) is 5.24. The van der Waals surface area contributed by atoms with Crippen molar-refractivity contribution in [1.82, 2.24) is 25.0 Å². The van der Waals surface area contributed by atoms with Gasteiger partial charge in [0.25, 0.3) is 5.91 Å². The molecular weight excluding hydrogens is 354 g/mol. The number of likely N-dealkylation sites (tertiary alicyclic amines) is 1. The Morgan fingerprint density at radius 3 is 2.61 bits per heavy atom. The molecule has 7 nitrogen and oxygen atoms in total. The van der Waals surface area contributed by atoms with E-state index in [0.717, 1.165) is 53.4 Å².